The van der Waals surface area contributed by atoms with Crippen LogP contribution < -0.4 is 5.32 Å². The number of benzene rings is 1. The molecule has 1 saturated heterocycles. The van der Waals surface area contributed by atoms with E-state index in [0.717, 1.165) is 32.4 Å². The minimum absolute atomic E-state index is 0.0308. The van der Waals surface area contributed by atoms with E-state index in [4.69, 9.17) is 0 Å². The lowest BCUT2D eigenvalue weighted by Gasteiger charge is -2.28. The number of rotatable bonds is 6. The van der Waals surface area contributed by atoms with Gasteiger partial charge in [-0.3, -0.25) is 0 Å². The molecule has 1 aliphatic rings. The molecule has 2 N–H and O–H groups in total. The van der Waals surface area contributed by atoms with Crippen molar-refractivity contribution in [3.63, 3.8) is 0 Å². The van der Waals surface area contributed by atoms with Gasteiger partial charge in [0.1, 0.15) is 0 Å². The van der Waals surface area contributed by atoms with Crippen molar-refractivity contribution in [1.82, 2.24) is 15.1 Å². The average molecular weight is 305 g/mol. The monoisotopic (exact) mass is 305 g/mol. The van der Waals surface area contributed by atoms with Crippen LogP contribution in [0.2, 0.25) is 0 Å². The highest BCUT2D eigenvalue weighted by molar-refractivity contribution is 5.75. The summed E-state index contributed by atoms with van der Waals surface area (Å²) in [5.74, 6) is 0. The third-order valence-corrected chi connectivity index (χ3v) is 4.09. The molecular weight excluding hydrogens is 278 g/mol. The number of likely N-dealkylation sites (tertiary alicyclic amines) is 1. The molecule has 0 aromatic heterocycles. The van der Waals surface area contributed by atoms with Crippen LogP contribution in [0.4, 0.5) is 4.79 Å². The Morgan fingerprint density at radius 3 is 2.77 bits per heavy atom. The van der Waals surface area contributed by atoms with E-state index in [9.17, 15) is 9.90 Å². The Morgan fingerprint density at radius 2 is 2.14 bits per heavy atom. The molecule has 1 aromatic rings. The van der Waals surface area contributed by atoms with Gasteiger partial charge in [0.15, 0.2) is 0 Å². The summed E-state index contributed by atoms with van der Waals surface area (Å²) in [6.45, 7) is 1.57. The maximum atomic E-state index is 12.5. The van der Waals surface area contributed by atoms with Crippen molar-refractivity contribution in [2.75, 3.05) is 33.8 Å². The second-order valence-electron chi connectivity index (χ2n) is 6.27. The number of nitrogens with one attached hydrogen (secondary N) is 1. The number of aliphatic hydroxyl groups is 1. The van der Waals surface area contributed by atoms with Gasteiger partial charge in [-0.15, -0.1) is 0 Å². The van der Waals surface area contributed by atoms with E-state index in [1.54, 1.807) is 4.90 Å². The molecule has 2 amide bonds. The van der Waals surface area contributed by atoms with Crippen molar-refractivity contribution < 1.29 is 9.90 Å². The second kappa shape index (κ2) is 8.15. The van der Waals surface area contributed by atoms with E-state index >= 15 is 0 Å². The number of urea groups is 1. The van der Waals surface area contributed by atoms with Gasteiger partial charge in [-0.2, -0.15) is 0 Å². The molecule has 2 atom stereocenters. The number of carbonyl (C=O) groups excluding carboxylic acids is 1. The van der Waals surface area contributed by atoms with E-state index in [0.29, 0.717) is 0 Å². The Balaban J connectivity index is 1.98. The number of hydrogen-bond acceptors (Lipinski definition) is 3. The van der Waals surface area contributed by atoms with Crippen LogP contribution >= 0.6 is 0 Å². The van der Waals surface area contributed by atoms with Gasteiger partial charge < -0.3 is 20.2 Å². The molecule has 0 spiro atoms. The lowest BCUT2D eigenvalue weighted by molar-refractivity contribution is 0.153. The Hall–Kier alpha value is -1.59. The van der Waals surface area contributed by atoms with Crippen molar-refractivity contribution in [1.29, 1.82) is 0 Å². The molecule has 1 aromatic carbocycles. The van der Waals surface area contributed by atoms with E-state index in [2.05, 4.69) is 22.3 Å². The van der Waals surface area contributed by atoms with Gasteiger partial charge in [0, 0.05) is 19.1 Å². The molecule has 22 heavy (non-hydrogen) atoms. The molecule has 2 rings (SSSR count). The maximum absolute atomic E-state index is 12.5. The van der Waals surface area contributed by atoms with Crippen molar-refractivity contribution in [3.05, 3.63) is 35.9 Å². The number of nitrogens with zero attached hydrogens (tertiary/aromatic N) is 2. The van der Waals surface area contributed by atoms with Gasteiger partial charge >= 0.3 is 6.03 Å². The van der Waals surface area contributed by atoms with E-state index in [1.807, 2.05) is 32.3 Å². The first kappa shape index (κ1) is 16.8. The highest BCUT2D eigenvalue weighted by Crippen LogP contribution is 2.17. The topological polar surface area (TPSA) is 55.8 Å². The number of likely N-dealkylation sites (N-methyl/N-ethyl adjacent to an activating group) is 1. The summed E-state index contributed by atoms with van der Waals surface area (Å²) in [6, 6.07) is 10.2. The number of amides is 2. The van der Waals surface area contributed by atoms with Gasteiger partial charge in [-0.05, 0) is 38.9 Å². The second-order valence-corrected chi connectivity index (χ2v) is 6.27. The van der Waals surface area contributed by atoms with Crippen LogP contribution in [-0.2, 0) is 6.42 Å². The third-order valence-electron chi connectivity index (χ3n) is 4.09. The molecular formula is C17H27N3O2. The van der Waals surface area contributed by atoms with Crippen LogP contribution in [0.3, 0.4) is 0 Å². The number of hydrogen-bond donors (Lipinski definition) is 2. The smallest absolute Gasteiger partial charge is 0.317 e. The van der Waals surface area contributed by atoms with Gasteiger partial charge in [0.25, 0.3) is 0 Å². The molecule has 0 aliphatic carbocycles. The summed E-state index contributed by atoms with van der Waals surface area (Å²) < 4.78 is 0. The van der Waals surface area contributed by atoms with Crippen molar-refractivity contribution in [3.8, 4) is 0 Å². The average Bonchev–Trinajstić information content (AvgIpc) is 2.96. The van der Waals surface area contributed by atoms with Crippen LogP contribution in [0.25, 0.3) is 0 Å². The fourth-order valence-corrected chi connectivity index (χ4v) is 3.05. The molecule has 0 bridgehead atoms. The van der Waals surface area contributed by atoms with Gasteiger partial charge in [0.05, 0.1) is 12.6 Å². The highest BCUT2D eigenvalue weighted by atomic mass is 16.3. The minimum Gasteiger partial charge on any atom is -0.394 e. The molecule has 2 unspecified atom stereocenters. The van der Waals surface area contributed by atoms with Crippen LogP contribution in [0.1, 0.15) is 18.4 Å². The van der Waals surface area contributed by atoms with Gasteiger partial charge in [-0.25, -0.2) is 4.79 Å². The Labute approximate surface area is 132 Å². The fourth-order valence-electron chi connectivity index (χ4n) is 3.05. The first-order chi connectivity index (χ1) is 10.6. The zero-order chi connectivity index (χ0) is 15.9. The third kappa shape index (κ3) is 4.71. The lowest BCUT2D eigenvalue weighted by atomic mass is 10.1. The molecule has 5 heteroatoms. The first-order valence-electron chi connectivity index (χ1n) is 7.96. The Kier molecular flexibility index (Phi) is 6.21. The molecule has 1 aliphatic heterocycles. The minimum atomic E-state index is -0.0562. The van der Waals surface area contributed by atoms with Gasteiger partial charge in [0.2, 0.25) is 0 Å². The summed E-state index contributed by atoms with van der Waals surface area (Å²) in [5, 5.41) is 12.5. The van der Waals surface area contributed by atoms with Crippen molar-refractivity contribution >= 4 is 6.03 Å². The molecule has 0 saturated carbocycles. The standard InChI is InChI=1S/C17H27N3O2/c1-19(2)12-15(11-14-7-4-3-5-8-14)18-17(22)20-10-6-9-16(20)13-21/h3-5,7-8,15-16,21H,6,9-13H2,1-2H3,(H,18,22). The summed E-state index contributed by atoms with van der Waals surface area (Å²) in [6.07, 6.45) is 2.67. The number of aliphatic hydroxyl groups excluding tert-OH is 1. The van der Waals surface area contributed by atoms with E-state index in [1.165, 1.54) is 5.56 Å². The predicted molar refractivity (Wildman–Crippen MR) is 87.8 cm³/mol. The zero-order valence-corrected chi connectivity index (χ0v) is 13.5. The quantitative estimate of drug-likeness (QED) is 0.833. The molecule has 0 radical (unpaired) electrons. The molecule has 5 nitrogen and oxygen atoms in total. The lowest BCUT2D eigenvalue weighted by Crippen LogP contribution is -2.51. The summed E-state index contributed by atoms with van der Waals surface area (Å²) >= 11 is 0. The fraction of sp³-hybridized carbons (Fsp3) is 0.588. The molecule has 122 valence electrons. The first-order valence-corrected chi connectivity index (χ1v) is 7.96. The summed E-state index contributed by atoms with van der Waals surface area (Å²) in [7, 11) is 4.02. The Bertz CT molecular complexity index is 464. The zero-order valence-electron chi connectivity index (χ0n) is 13.5. The van der Waals surface area contributed by atoms with Crippen LogP contribution in [0.5, 0.6) is 0 Å². The van der Waals surface area contributed by atoms with E-state index < -0.39 is 0 Å². The van der Waals surface area contributed by atoms with Crippen LogP contribution in [0.15, 0.2) is 30.3 Å². The van der Waals surface area contributed by atoms with Gasteiger partial charge in [-0.1, -0.05) is 30.3 Å². The highest BCUT2D eigenvalue weighted by Gasteiger charge is 2.29. The van der Waals surface area contributed by atoms with Crippen LogP contribution in [-0.4, -0.2) is 66.8 Å². The van der Waals surface area contributed by atoms with Crippen molar-refractivity contribution in [2.24, 2.45) is 0 Å². The Morgan fingerprint density at radius 1 is 1.41 bits per heavy atom. The van der Waals surface area contributed by atoms with E-state index in [-0.39, 0.29) is 24.7 Å². The summed E-state index contributed by atoms with van der Waals surface area (Å²) in [5.41, 5.74) is 1.22. The summed E-state index contributed by atoms with van der Waals surface area (Å²) in [4.78, 5) is 16.3. The largest absolute Gasteiger partial charge is 0.394 e. The molecule has 1 fully saturated rings. The van der Waals surface area contributed by atoms with Crippen molar-refractivity contribution in [2.45, 2.75) is 31.3 Å². The number of carbonyl (C=O) groups is 1. The molecule has 1 heterocycles. The predicted octanol–water partition coefficient (Wildman–Crippen LogP) is 1.33. The maximum Gasteiger partial charge on any atom is 0.317 e. The van der Waals surface area contributed by atoms with Crippen LogP contribution in [0, 0.1) is 0 Å². The SMILES string of the molecule is CN(C)CC(Cc1ccccc1)NC(=O)N1CCCC1CO. The normalized spacial score (nSPS) is 19.5.